The van der Waals surface area contributed by atoms with Crippen molar-refractivity contribution >= 4 is 11.9 Å². The summed E-state index contributed by atoms with van der Waals surface area (Å²) in [6, 6.07) is 9.95. The molecule has 2 unspecified atom stereocenters. The van der Waals surface area contributed by atoms with Crippen molar-refractivity contribution in [2.75, 3.05) is 6.61 Å². The van der Waals surface area contributed by atoms with E-state index in [1.165, 1.54) is 5.56 Å². The van der Waals surface area contributed by atoms with Crippen LogP contribution in [0.25, 0.3) is 0 Å². The van der Waals surface area contributed by atoms with Crippen LogP contribution in [0.3, 0.4) is 0 Å². The first-order valence-electron chi connectivity index (χ1n) is 5.36. The number of aliphatic hydroxyl groups is 3. The highest BCUT2D eigenvalue weighted by molar-refractivity contribution is 5.83. The number of hydrogen-bond acceptors (Lipinski definition) is 5. The number of benzene rings is 1. The molecule has 1 rings (SSSR count). The summed E-state index contributed by atoms with van der Waals surface area (Å²) in [7, 11) is 0. The fourth-order valence-corrected chi connectivity index (χ4v) is 1.04. The normalized spacial score (nSPS) is 12.8. The molecule has 0 fully saturated rings. The van der Waals surface area contributed by atoms with Crippen LogP contribution in [0.15, 0.2) is 30.3 Å². The van der Waals surface area contributed by atoms with Crippen LogP contribution in [-0.4, -0.2) is 56.3 Å². The molecule has 0 aromatic heterocycles. The minimum absolute atomic E-state index is 0.240. The van der Waals surface area contributed by atoms with Gasteiger partial charge in [-0.25, -0.2) is 9.59 Å². The van der Waals surface area contributed by atoms with Gasteiger partial charge in [0.05, 0.1) is 0 Å². The third-order valence-corrected chi connectivity index (χ3v) is 2.05. The first-order chi connectivity index (χ1) is 8.90. The second kappa shape index (κ2) is 9.03. The van der Waals surface area contributed by atoms with Crippen molar-refractivity contribution in [2.45, 2.75) is 18.6 Å². The van der Waals surface area contributed by atoms with E-state index in [2.05, 4.69) is 0 Å². The van der Waals surface area contributed by atoms with Gasteiger partial charge < -0.3 is 25.5 Å². The SMILES string of the molecule is O=C(O)C(O)C(O)C(=O)O.OCCc1ccccc1. The van der Waals surface area contributed by atoms with Crippen molar-refractivity contribution in [1.29, 1.82) is 0 Å². The summed E-state index contributed by atoms with van der Waals surface area (Å²) in [6.45, 7) is 0.240. The van der Waals surface area contributed by atoms with E-state index in [4.69, 9.17) is 25.5 Å². The molecule has 0 radical (unpaired) electrons. The second-order valence-electron chi connectivity index (χ2n) is 3.53. The highest BCUT2D eigenvalue weighted by Crippen LogP contribution is 1.97. The van der Waals surface area contributed by atoms with Crippen LogP contribution in [0.4, 0.5) is 0 Å². The summed E-state index contributed by atoms with van der Waals surface area (Å²) >= 11 is 0. The van der Waals surface area contributed by atoms with E-state index in [9.17, 15) is 9.59 Å². The van der Waals surface area contributed by atoms with Gasteiger partial charge in [0, 0.05) is 6.61 Å². The molecule has 0 saturated heterocycles. The molecule has 1 aromatic carbocycles. The molecular weight excluding hydrogens is 256 g/mol. The lowest BCUT2D eigenvalue weighted by Gasteiger charge is -2.07. The number of hydrogen-bond donors (Lipinski definition) is 5. The first kappa shape index (κ1) is 17.0. The highest BCUT2D eigenvalue weighted by Gasteiger charge is 2.29. The molecule has 0 bridgehead atoms. The Morgan fingerprint density at radius 3 is 1.68 bits per heavy atom. The Morgan fingerprint density at radius 1 is 0.947 bits per heavy atom. The number of carbonyl (C=O) groups is 2. The Bertz CT molecular complexity index is 372. The quantitative estimate of drug-likeness (QED) is 0.468. The Kier molecular flexibility index (Phi) is 8.10. The van der Waals surface area contributed by atoms with E-state index < -0.39 is 24.1 Å². The lowest BCUT2D eigenvalue weighted by Crippen LogP contribution is -2.39. The van der Waals surface area contributed by atoms with Crippen LogP contribution in [0.5, 0.6) is 0 Å². The molecule has 5 N–H and O–H groups in total. The molecule has 0 spiro atoms. The molecule has 0 aliphatic rings. The summed E-state index contributed by atoms with van der Waals surface area (Å²) in [5.74, 6) is -3.54. The predicted octanol–water partition coefficient (Wildman–Crippen LogP) is -0.901. The average molecular weight is 272 g/mol. The maximum Gasteiger partial charge on any atom is 0.335 e. The molecule has 106 valence electrons. The monoisotopic (exact) mass is 272 g/mol. The standard InChI is InChI=1S/C8H10O.C4H6O6/c9-7-6-8-4-2-1-3-5-8;5-1(3(7)8)2(6)4(9)10/h1-5,9H,6-7H2;1-2,5-6H,(H,7,8)(H,9,10). The van der Waals surface area contributed by atoms with Gasteiger partial charge in [0.25, 0.3) is 0 Å². The van der Waals surface area contributed by atoms with Crippen LogP contribution >= 0.6 is 0 Å². The molecule has 0 aliphatic carbocycles. The van der Waals surface area contributed by atoms with Crippen molar-refractivity contribution in [3.63, 3.8) is 0 Å². The van der Waals surface area contributed by atoms with Crippen molar-refractivity contribution in [3.8, 4) is 0 Å². The fraction of sp³-hybridized carbons (Fsp3) is 0.333. The minimum Gasteiger partial charge on any atom is -0.479 e. The number of rotatable bonds is 5. The average Bonchev–Trinajstić information content (AvgIpc) is 2.39. The van der Waals surface area contributed by atoms with Crippen LogP contribution in [-0.2, 0) is 16.0 Å². The third-order valence-electron chi connectivity index (χ3n) is 2.05. The van der Waals surface area contributed by atoms with Crippen molar-refractivity contribution < 1.29 is 35.1 Å². The molecule has 0 aliphatic heterocycles. The largest absolute Gasteiger partial charge is 0.479 e. The van der Waals surface area contributed by atoms with Gasteiger partial charge in [0.1, 0.15) is 0 Å². The van der Waals surface area contributed by atoms with Crippen LogP contribution in [0.1, 0.15) is 5.56 Å². The van der Waals surface area contributed by atoms with E-state index in [1.807, 2.05) is 30.3 Å². The molecule has 19 heavy (non-hydrogen) atoms. The van der Waals surface area contributed by atoms with Crippen molar-refractivity contribution in [1.82, 2.24) is 0 Å². The lowest BCUT2D eigenvalue weighted by atomic mass is 10.2. The zero-order valence-electron chi connectivity index (χ0n) is 10.0. The summed E-state index contributed by atoms with van der Waals surface area (Å²) in [6.07, 6.45) is -3.77. The van der Waals surface area contributed by atoms with Gasteiger partial charge in [0.15, 0.2) is 12.2 Å². The molecule has 2 atom stereocenters. The van der Waals surface area contributed by atoms with E-state index >= 15 is 0 Å². The molecule has 7 nitrogen and oxygen atoms in total. The van der Waals surface area contributed by atoms with Gasteiger partial charge in [-0.15, -0.1) is 0 Å². The molecule has 0 heterocycles. The smallest absolute Gasteiger partial charge is 0.335 e. The number of carboxylic acids is 2. The molecule has 0 saturated carbocycles. The van der Waals surface area contributed by atoms with E-state index in [0.29, 0.717) is 0 Å². The van der Waals surface area contributed by atoms with E-state index in [0.717, 1.165) is 6.42 Å². The number of aliphatic carboxylic acids is 2. The fourth-order valence-electron chi connectivity index (χ4n) is 1.04. The van der Waals surface area contributed by atoms with Gasteiger partial charge in [-0.1, -0.05) is 30.3 Å². The summed E-state index contributed by atoms with van der Waals surface area (Å²) in [4.78, 5) is 19.5. The Morgan fingerprint density at radius 2 is 1.37 bits per heavy atom. The van der Waals surface area contributed by atoms with Gasteiger partial charge in [-0.05, 0) is 12.0 Å². The van der Waals surface area contributed by atoms with Gasteiger partial charge in [0.2, 0.25) is 0 Å². The summed E-state index contributed by atoms with van der Waals surface area (Å²) in [5.41, 5.74) is 1.19. The van der Waals surface area contributed by atoms with Crippen LogP contribution in [0.2, 0.25) is 0 Å². The zero-order valence-corrected chi connectivity index (χ0v) is 10.0. The third kappa shape index (κ3) is 7.14. The Hall–Kier alpha value is -1.96. The lowest BCUT2D eigenvalue weighted by molar-refractivity contribution is -0.165. The zero-order chi connectivity index (χ0) is 14.8. The van der Waals surface area contributed by atoms with Crippen molar-refractivity contribution in [3.05, 3.63) is 35.9 Å². The maximum absolute atomic E-state index is 9.77. The van der Waals surface area contributed by atoms with E-state index in [-0.39, 0.29) is 6.61 Å². The van der Waals surface area contributed by atoms with E-state index in [1.54, 1.807) is 0 Å². The molecule has 1 aromatic rings. The minimum atomic E-state index is -2.27. The van der Waals surface area contributed by atoms with Gasteiger partial charge in [-0.2, -0.15) is 0 Å². The molecular formula is C12H16O7. The first-order valence-corrected chi connectivity index (χ1v) is 5.36. The topological polar surface area (TPSA) is 135 Å². The van der Waals surface area contributed by atoms with Crippen LogP contribution < -0.4 is 0 Å². The summed E-state index contributed by atoms with van der Waals surface area (Å²) in [5, 5.41) is 41.0. The predicted molar refractivity (Wildman–Crippen MR) is 64.5 cm³/mol. The van der Waals surface area contributed by atoms with Gasteiger partial charge >= 0.3 is 11.9 Å². The maximum atomic E-state index is 9.77. The van der Waals surface area contributed by atoms with Crippen molar-refractivity contribution in [2.24, 2.45) is 0 Å². The molecule has 0 amide bonds. The summed E-state index contributed by atoms with van der Waals surface area (Å²) < 4.78 is 0. The number of carboxylic acid groups (broad SMARTS) is 2. The number of aliphatic hydroxyl groups excluding tert-OH is 3. The van der Waals surface area contributed by atoms with Crippen LogP contribution in [0, 0.1) is 0 Å². The Labute approximate surface area is 109 Å². The second-order valence-corrected chi connectivity index (χ2v) is 3.53. The Balaban J connectivity index is 0.000000342. The molecule has 7 heteroatoms. The highest BCUT2D eigenvalue weighted by atomic mass is 16.4. The van der Waals surface area contributed by atoms with Gasteiger partial charge in [-0.3, -0.25) is 0 Å².